The zero-order chi connectivity index (χ0) is 6.57. The second-order valence-electron chi connectivity index (χ2n) is 1.25. The molecule has 0 spiro atoms. The Bertz CT molecular complexity index is 87.4. The first-order chi connectivity index (χ1) is 3.72. The number of aliphatic hydroxyl groups excluding tert-OH is 1. The van der Waals surface area contributed by atoms with Crippen molar-refractivity contribution in [3.63, 3.8) is 0 Å². The van der Waals surface area contributed by atoms with Gasteiger partial charge in [0.15, 0.2) is 0 Å². The predicted molar refractivity (Wildman–Crippen MR) is 29.1 cm³/mol. The van der Waals surface area contributed by atoms with E-state index < -0.39 is 18.6 Å². The number of carbonyl (C=O) groups excluding carboxylic acids is 1. The lowest BCUT2D eigenvalue weighted by Gasteiger charge is -2.01. The third-order valence-corrected chi connectivity index (χ3v) is 0.813. The minimum absolute atomic E-state index is 0.390. The van der Waals surface area contributed by atoms with Crippen LogP contribution in [0.4, 0.5) is 0 Å². The molecule has 0 unspecified atom stereocenters. The number of carbonyl (C=O) groups is 1. The molecule has 5 heteroatoms. The molecule has 4 nitrogen and oxygen atoms in total. The van der Waals surface area contributed by atoms with Crippen LogP contribution in [0.5, 0.6) is 0 Å². The van der Waals surface area contributed by atoms with Crippen molar-refractivity contribution >= 4 is 17.7 Å². The zero-order valence-electron chi connectivity index (χ0n) is 4.10. The summed E-state index contributed by atoms with van der Waals surface area (Å²) < 4.78 is 0. The third-order valence-electron chi connectivity index (χ3n) is 0.627. The van der Waals surface area contributed by atoms with Gasteiger partial charge < -0.3 is 10.8 Å². The monoisotopic (exact) mass is 138 g/mol. The number of amides is 1. The lowest BCUT2D eigenvalue weighted by molar-refractivity contribution is -0.121. The van der Waals surface area contributed by atoms with Crippen LogP contribution in [0, 0.1) is 0 Å². The van der Waals surface area contributed by atoms with Gasteiger partial charge in [0.2, 0.25) is 0 Å². The molecule has 0 aliphatic rings. The van der Waals surface area contributed by atoms with Gasteiger partial charge in [0.1, 0.15) is 6.04 Å². The highest BCUT2D eigenvalue weighted by atomic mass is 35.5. The molecule has 0 fully saturated rings. The average molecular weight is 139 g/mol. The standard InChI is InChI=1S/C3H7ClN2O2/c4-6-3(8)2(5)1-7/h2,7H,1,5H2,(H,6,8)/t2-/m1/s1. The van der Waals surface area contributed by atoms with E-state index in [4.69, 9.17) is 22.6 Å². The number of halogens is 1. The number of rotatable bonds is 2. The van der Waals surface area contributed by atoms with E-state index in [0.717, 1.165) is 0 Å². The average Bonchev–Trinajstić information content (AvgIpc) is 1.84. The second-order valence-corrected chi connectivity index (χ2v) is 1.44. The maximum atomic E-state index is 10.2. The Morgan fingerprint density at radius 1 is 2.00 bits per heavy atom. The highest BCUT2D eigenvalue weighted by Gasteiger charge is 2.08. The van der Waals surface area contributed by atoms with Crippen LogP contribution in [0.3, 0.4) is 0 Å². The van der Waals surface area contributed by atoms with Crippen molar-refractivity contribution in [3.8, 4) is 0 Å². The van der Waals surface area contributed by atoms with Crippen molar-refractivity contribution in [3.05, 3.63) is 0 Å². The minimum atomic E-state index is -0.910. The number of hydrogen-bond donors (Lipinski definition) is 3. The van der Waals surface area contributed by atoms with Gasteiger partial charge in [0, 0.05) is 11.8 Å². The molecule has 1 atom stereocenters. The van der Waals surface area contributed by atoms with Gasteiger partial charge in [-0.05, 0) is 0 Å². The van der Waals surface area contributed by atoms with Gasteiger partial charge in [0.25, 0.3) is 5.91 Å². The van der Waals surface area contributed by atoms with Gasteiger partial charge in [-0.3, -0.25) is 9.63 Å². The van der Waals surface area contributed by atoms with Crippen molar-refractivity contribution < 1.29 is 9.90 Å². The third kappa shape index (κ3) is 2.11. The Balaban J connectivity index is 3.46. The van der Waals surface area contributed by atoms with E-state index in [0.29, 0.717) is 0 Å². The summed E-state index contributed by atoms with van der Waals surface area (Å²) in [5.41, 5.74) is 4.98. The van der Waals surface area contributed by atoms with Crippen LogP contribution >= 0.6 is 11.8 Å². The zero-order valence-corrected chi connectivity index (χ0v) is 4.85. The number of hydrogen-bond acceptors (Lipinski definition) is 3. The van der Waals surface area contributed by atoms with E-state index in [1.165, 1.54) is 0 Å². The lowest BCUT2D eigenvalue weighted by atomic mass is 10.3. The molecule has 0 aromatic heterocycles. The van der Waals surface area contributed by atoms with Crippen LogP contribution in [0.2, 0.25) is 0 Å². The Morgan fingerprint density at radius 2 is 2.50 bits per heavy atom. The Labute approximate surface area is 51.7 Å². The molecular weight excluding hydrogens is 131 g/mol. The summed E-state index contributed by atoms with van der Waals surface area (Å²) in [6, 6.07) is -0.910. The van der Waals surface area contributed by atoms with E-state index in [2.05, 4.69) is 0 Å². The Morgan fingerprint density at radius 3 is 2.62 bits per heavy atom. The van der Waals surface area contributed by atoms with Gasteiger partial charge in [-0.2, -0.15) is 0 Å². The van der Waals surface area contributed by atoms with Crippen molar-refractivity contribution in [1.29, 1.82) is 0 Å². The number of nitrogens with two attached hydrogens (primary N) is 1. The van der Waals surface area contributed by atoms with Crippen molar-refractivity contribution in [1.82, 2.24) is 4.84 Å². The molecule has 0 aromatic carbocycles. The summed E-state index contributed by atoms with van der Waals surface area (Å²) in [5.74, 6) is -0.575. The quantitative estimate of drug-likeness (QED) is 0.410. The van der Waals surface area contributed by atoms with Crippen LogP contribution in [0.1, 0.15) is 0 Å². The fourth-order valence-corrected chi connectivity index (χ4v) is 0.293. The molecule has 0 saturated carbocycles. The molecule has 0 aliphatic carbocycles. The molecule has 0 heterocycles. The number of nitrogens with one attached hydrogen (secondary N) is 1. The van der Waals surface area contributed by atoms with Gasteiger partial charge in [-0.1, -0.05) is 0 Å². The summed E-state index contributed by atoms with van der Waals surface area (Å²) in [7, 11) is 0. The molecule has 0 saturated heterocycles. The smallest absolute Gasteiger partial charge is 0.253 e. The van der Waals surface area contributed by atoms with Crippen molar-refractivity contribution in [2.45, 2.75) is 6.04 Å². The first-order valence-electron chi connectivity index (χ1n) is 1.99. The SMILES string of the molecule is N[C@H](CO)C(=O)NCl. The fraction of sp³-hybridized carbons (Fsp3) is 0.667. The molecule has 4 N–H and O–H groups in total. The Kier molecular flexibility index (Phi) is 3.51. The first-order valence-corrected chi connectivity index (χ1v) is 2.37. The van der Waals surface area contributed by atoms with Crippen molar-refractivity contribution in [2.24, 2.45) is 5.73 Å². The van der Waals surface area contributed by atoms with Gasteiger partial charge >= 0.3 is 0 Å². The van der Waals surface area contributed by atoms with E-state index in [1.807, 2.05) is 0 Å². The summed E-state index contributed by atoms with van der Waals surface area (Å²) in [6.07, 6.45) is 0. The molecule has 1 amide bonds. The highest BCUT2D eigenvalue weighted by molar-refractivity contribution is 6.22. The molecule has 48 valence electrons. The topological polar surface area (TPSA) is 75.3 Å². The largest absolute Gasteiger partial charge is 0.394 e. The molecular formula is C3H7ClN2O2. The molecule has 0 aromatic rings. The maximum absolute atomic E-state index is 10.2. The van der Waals surface area contributed by atoms with Gasteiger partial charge in [-0.15, -0.1) is 0 Å². The lowest BCUT2D eigenvalue weighted by Crippen LogP contribution is -2.39. The molecule has 0 rings (SSSR count). The minimum Gasteiger partial charge on any atom is -0.394 e. The summed E-state index contributed by atoms with van der Waals surface area (Å²) >= 11 is 4.83. The normalized spacial score (nSPS) is 12.9. The second kappa shape index (κ2) is 3.65. The van der Waals surface area contributed by atoms with Crippen LogP contribution in [-0.4, -0.2) is 23.7 Å². The maximum Gasteiger partial charge on any atom is 0.253 e. The summed E-state index contributed by atoms with van der Waals surface area (Å²) in [4.78, 5) is 12.0. The molecule has 0 radical (unpaired) electrons. The van der Waals surface area contributed by atoms with E-state index in [9.17, 15) is 4.79 Å². The predicted octanol–water partition coefficient (Wildman–Crippen LogP) is -1.42. The van der Waals surface area contributed by atoms with Crippen molar-refractivity contribution in [2.75, 3.05) is 6.61 Å². The molecule has 0 aliphatic heterocycles. The van der Waals surface area contributed by atoms with Crippen LogP contribution in [-0.2, 0) is 4.79 Å². The molecule has 0 bridgehead atoms. The van der Waals surface area contributed by atoms with E-state index in [-0.39, 0.29) is 0 Å². The van der Waals surface area contributed by atoms with Crippen LogP contribution in [0.25, 0.3) is 0 Å². The van der Waals surface area contributed by atoms with Crippen LogP contribution in [0.15, 0.2) is 0 Å². The number of aliphatic hydroxyl groups is 1. The fourth-order valence-electron chi connectivity index (χ4n) is 0.153. The highest BCUT2D eigenvalue weighted by Crippen LogP contribution is 1.75. The molecule has 8 heavy (non-hydrogen) atoms. The Hall–Kier alpha value is -0.320. The van der Waals surface area contributed by atoms with Gasteiger partial charge in [-0.25, -0.2) is 0 Å². The van der Waals surface area contributed by atoms with Gasteiger partial charge in [0.05, 0.1) is 6.61 Å². The summed E-state index contributed by atoms with van der Waals surface area (Å²) in [6.45, 7) is -0.390. The van der Waals surface area contributed by atoms with Crippen LogP contribution < -0.4 is 10.6 Å². The first kappa shape index (κ1) is 7.68. The van der Waals surface area contributed by atoms with E-state index in [1.54, 1.807) is 4.84 Å². The summed E-state index contributed by atoms with van der Waals surface area (Å²) in [5, 5.41) is 8.19. The van der Waals surface area contributed by atoms with E-state index >= 15 is 0 Å².